The van der Waals surface area contributed by atoms with Gasteiger partial charge in [0.15, 0.2) is 6.61 Å². The summed E-state index contributed by atoms with van der Waals surface area (Å²) in [5.41, 5.74) is 2.75. The van der Waals surface area contributed by atoms with Gasteiger partial charge in [-0.1, -0.05) is 62.8 Å². The molecular weight excluding hydrogens is 360 g/mol. The van der Waals surface area contributed by atoms with Crippen molar-refractivity contribution in [1.29, 1.82) is 0 Å². The zero-order chi connectivity index (χ0) is 19.9. The van der Waals surface area contributed by atoms with Crippen LogP contribution in [-0.2, 0) is 4.79 Å². The largest absolute Gasteiger partial charge is 0.482 e. The van der Waals surface area contributed by atoms with Crippen LogP contribution in [0.1, 0.15) is 87.2 Å². The van der Waals surface area contributed by atoms with Crippen molar-refractivity contribution in [2.75, 3.05) is 6.61 Å². The molecule has 0 saturated heterocycles. The maximum atomic E-state index is 12.1. The molecule has 2 aliphatic rings. The number of carbonyl (C=O) groups excluding carboxylic acids is 1. The van der Waals surface area contributed by atoms with Gasteiger partial charge >= 0.3 is 5.97 Å². The highest BCUT2D eigenvalue weighted by Crippen LogP contribution is 2.34. The summed E-state index contributed by atoms with van der Waals surface area (Å²) in [5.74, 6) is 2.28. The Morgan fingerprint density at radius 2 is 1.10 bits per heavy atom. The normalized spacial score (nSPS) is 18.3. The topological polar surface area (TPSA) is 35.5 Å². The number of carbonyl (C=O) groups is 1. The molecule has 3 heteroatoms. The monoisotopic (exact) mass is 392 g/mol. The molecule has 154 valence electrons. The highest BCUT2D eigenvalue weighted by Gasteiger charge is 2.17. The third-order valence-electron chi connectivity index (χ3n) is 6.50. The minimum atomic E-state index is -0.369. The second kappa shape index (κ2) is 9.96. The van der Waals surface area contributed by atoms with Crippen molar-refractivity contribution >= 4 is 5.97 Å². The first-order valence-electron chi connectivity index (χ1n) is 11.3. The van der Waals surface area contributed by atoms with Crippen molar-refractivity contribution < 1.29 is 14.3 Å². The van der Waals surface area contributed by atoms with Crippen molar-refractivity contribution in [2.24, 2.45) is 0 Å². The van der Waals surface area contributed by atoms with E-state index in [0.717, 1.165) is 0 Å². The van der Waals surface area contributed by atoms with Gasteiger partial charge in [-0.25, -0.2) is 4.79 Å². The third kappa shape index (κ3) is 5.62. The lowest BCUT2D eigenvalue weighted by Gasteiger charge is -2.22. The third-order valence-corrected chi connectivity index (χ3v) is 6.50. The van der Waals surface area contributed by atoms with Crippen LogP contribution < -0.4 is 9.47 Å². The molecule has 3 nitrogen and oxygen atoms in total. The van der Waals surface area contributed by atoms with Crippen molar-refractivity contribution in [3.63, 3.8) is 0 Å². The number of ether oxygens (including phenoxy) is 2. The molecule has 0 bridgehead atoms. The molecule has 2 aliphatic carbocycles. The molecule has 0 radical (unpaired) electrons. The Morgan fingerprint density at radius 1 is 0.655 bits per heavy atom. The van der Waals surface area contributed by atoms with Gasteiger partial charge in [0.25, 0.3) is 0 Å². The Bertz CT molecular complexity index is 767. The summed E-state index contributed by atoms with van der Waals surface area (Å²) in [6.45, 7) is -0.0762. The zero-order valence-electron chi connectivity index (χ0n) is 17.3. The Morgan fingerprint density at radius 3 is 1.59 bits per heavy atom. The minimum Gasteiger partial charge on any atom is -0.482 e. The quantitative estimate of drug-likeness (QED) is 0.402. The molecule has 2 aromatic rings. The van der Waals surface area contributed by atoms with E-state index in [1.807, 2.05) is 24.3 Å². The van der Waals surface area contributed by atoms with Crippen molar-refractivity contribution in [3.05, 3.63) is 59.7 Å². The van der Waals surface area contributed by atoms with Crippen LogP contribution in [0.15, 0.2) is 48.5 Å². The van der Waals surface area contributed by atoms with Crippen molar-refractivity contribution in [3.8, 4) is 11.5 Å². The maximum absolute atomic E-state index is 12.1. The number of rotatable bonds is 6. The molecular formula is C26H32O3. The number of esters is 1. The fraction of sp³-hybridized carbons (Fsp3) is 0.500. The Kier molecular flexibility index (Phi) is 6.87. The van der Waals surface area contributed by atoms with E-state index in [-0.39, 0.29) is 12.6 Å². The molecule has 2 fully saturated rings. The van der Waals surface area contributed by atoms with E-state index in [1.54, 1.807) is 0 Å². The SMILES string of the molecule is O=C(COc1ccc(C2CCCCC2)cc1)Oc1ccc(C2CCCCC2)cc1. The highest BCUT2D eigenvalue weighted by atomic mass is 16.6. The van der Waals surface area contributed by atoms with Gasteiger partial charge in [-0.2, -0.15) is 0 Å². The summed E-state index contributed by atoms with van der Waals surface area (Å²) < 4.78 is 11.1. The molecule has 0 spiro atoms. The molecule has 0 atom stereocenters. The van der Waals surface area contributed by atoms with Gasteiger partial charge in [0.2, 0.25) is 0 Å². The lowest BCUT2D eigenvalue weighted by molar-refractivity contribution is -0.136. The summed E-state index contributed by atoms with van der Waals surface area (Å²) in [4.78, 5) is 12.1. The molecule has 2 aromatic carbocycles. The molecule has 29 heavy (non-hydrogen) atoms. The number of hydrogen-bond donors (Lipinski definition) is 0. The first-order chi connectivity index (χ1) is 14.3. The number of benzene rings is 2. The molecule has 0 aromatic heterocycles. The summed E-state index contributed by atoms with van der Waals surface area (Å²) in [5, 5.41) is 0. The lowest BCUT2D eigenvalue weighted by Crippen LogP contribution is -2.17. The Balaban J connectivity index is 1.24. The number of hydrogen-bond acceptors (Lipinski definition) is 3. The highest BCUT2D eigenvalue weighted by molar-refractivity contribution is 5.74. The van der Waals surface area contributed by atoms with Crippen LogP contribution in [0.4, 0.5) is 0 Å². The predicted octanol–water partition coefficient (Wildman–Crippen LogP) is 6.77. The molecule has 4 rings (SSSR count). The summed E-state index contributed by atoms with van der Waals surface area (Å²) in [6, 6.07) is 16.2. The van der Waals surface area contributed by atoms with E-state index in [1.165, 1.54) is 75.3 Å². The maximum Gasteiger partial charge on any atom is 0.349 e. The first-order valence-corrected chi connectivity index (χ1v) is 11.3. The van der Waals surface area contributed by atoms with Gasteiger partial charge in [0.1, 0.15) is 11.5 Å². The fourth-order valence-electron chi connectivity index (χ4n) is 4.82. The fourth-order valence-corrected chi connectivity index (χ4v) is 4.82. The lowest BCUT2D eigenvalue weighted by atomic mass is 9.84. The summed E-state index contributed by atoms with van der Waals surface area (Å²) in [6.07, 6.45) is 13.1. The van der Waals surface area contributed by atoms with Crippen molar-refractivity contribution in [1.82, 2.24) is 0 Å². The van der Waals surface area contributed by atoms with Gasteiger partial charge in [0.05, 0.1) is 0 Å². The van der Waals surface area contributed by atoms with Gasteiger partial charge in [-0.3, -0.25) is 0 Å². The van der Waals surface area contributed by atoms with Crippen LogP contribution in [0.25, 0.3) is 0 Å². The smallest absolute Gasteiger partial charge is 0.349 e. The molecule has 0 unspecified atom stereocenters. The van der Waals surface area contributed by atoms with E-state index < -0.39 is 0 Å². The molecule has 2 saturated carbocycles. The first kappa shape index (κ1) is 20.0. The van der Waals surface area contributed by atoms with E-state index in [0.29, 0.717) is 23.3 Å². The van der Waals surface area contributed by atoms with Crippen LogP contribution in [-0.4, -0.2) is 12.6 Å². The van der Waals surface area contributed by atoms with E-state index in [9.17, 15) is 4.79 Å². The second-order valence-electron chi connectivity index (χ2n) is 8.57. The van der Waals surface area contributed by atoms with Crippen LogP contribution in [0.5, 0.6) is 11.5 Å². The Labute approximate surface area is 174 Å². The zero-order valence-corrected chi connectivity index (χ0v) is 17.3. The molecule has 0 aliphatic heterocycles. The molecule has 0 N–H and O–H groups in total. The Hall–Kier alpha value is -2.29. The van der Waals surface area contributed by atoms with Crippen LogP contribution in [0, 0.1) is 0 Å². The van der Waals surface area contributed by atoms with Gasteiger partial charge in [-0.05, 0) is 72.9 Å². The minimum absolute atomic E-state index is 0.0762. The average Bonchev–Trinajstić information content (AvgIpc) is 2.80. The summed E-state index contributed by atoms with van der Waals surface area (Å²) >= 11 is 0. The van der Waals surface area contributed by atoms with Crippen LogP contribution >= 0.6 is 0 Å². The van der Waals surface area contributed by atoms with E-state index >= 15 is 0 Å². The van der Waals surface area contributed by atoms with E-state index in [2.05, 4.69) is 24.3 Å². The van der Waals surface area contributed by atoms with Gasteiger partial charge < -0.3 is 9.47 Å². The van der Waals surface area contributed by atoms with Gasteiger partial charge in [0, 0.05) is 0 Å². The standard InChI is InChI=1S/C26H32O3/c27-26(29-25-17-13-23(14-18-25)21-9-5-2-6-10-21)19-28-24-15-11-22(12-16-24)20-7-3-1-4-8-20/h11-18,20-21H,1-10,19H2. The van der Waals surface area contributed by atoms with E-state index in [4.69, 9.17) is 9.47 Å². The van der Waals surface area contributed by atoms with Crippen LogP contribution in [0.2, 0.25) is 0 Å². The van der Waals surface area contributed by atoms with Gasteiger partial charge in [-0.15, -0.1) is 0 Å². The summed E-state index contributed by atoms with van der Waals surface area (Å²) in [7, 11) is 0. The van der Waals surface area contributed by atoms with Crippen molar-refractivity contribution in [2.45, 2.75) is 76.0 Å². The average molecular weight is 393 g/mol. The second-order valence-corrected chi connectivity index (χ2v) is 8.57. The molecule has 0 heterocycles. The molecule has 0 amide bonds. The predicted molar refractivity (Wildman–Crippen MR) is 116 cm³/mol. The van der Waals surface area contributed by atoms with Crippen LogP contribution in [0.3, 0.4) is 0 Å².